The lowest BCUT2D eigenvalue weighted by molar-refractivity contribution is 0.501. The van der Waals surface area contributed by atoms with Crippen LogP contribution in [0.25, 0.3) is 0 Å². The molecule has 18 heavy (non-hydrogen) atoms. The average Bonchev–Trinajstić information content (AvgIpc) is 2.24. The molecule has 0 amide bonds. The standard InChI is InChI=1S/C13H22N4.HI/c1-10-7-6-8-15-11(10)9-16-12(14-5)17-13(2,3)4;/h6-8H,9H2,1-5H3,(H2,14,16,17);1H. The molecule has 1 rings (SSSR count). The van der Waals surface area contributed by atoms with Gasteiger partial charge in [-0.1, -0.05) is 6.07 Å². The van der Waals surface area contributed by atoms with E-state index in [-0.39, 0.29) is 29.5 Å². The summed E-state index contributed by atoms with van der Waals surface area (Å²) in [7, 11) is 1.77. The van der Waals surface area contributed by atoms with Gasteiger partial charge in [0.25, 0.3) is 0 Å². The topological polar surface area (TPSA) is 49.3 Å². The maximum Gasteiger partial charge on any atom is 0.191 e. The third-order valence-corrected chi connectivity index (χ3v) is 2.26. The molecule has 0 saturated heterocycles. The molecule has 1 aromatic heterocycles. The van der Waals surface area contributed by atoms with Gasteiger partial charge < -0.3 is 10.6 Å². The fourth-order valence-electron chi connectivity index (χ4n) is 1.41. The van der Waals surface area contributed by atoms with Gasteiger partial charge in [0, 0.05) is 18.8 Å². The van der Waals surface area contributed by atoms with E-state index in [4.69, 9.17) is 0 Å². The molecule has 0 bridgehead atoms. The maximum absolute atomic E-state index is 4.34. The van der Waals surface area contributed by atoms with Crippen molar-refractivity contribution in [1.29, 1.82) is 0 Å². The first-order valence-electron chi connectivity index (χ1n) is 5.82. The van der Waals surface area contributed by atoms with Crippen molar-refractivity contribution in [3.05, 3.63) is 29.6 Å². The second-order valence-corrected chi connectivity index (χ2v) is 5.07. The summed E-state index contributed by atoms with van der Waals surface area (Å²) in [4.78, 5) is 8.52. The van der Waals surface area contributed by atoms with E-state index in [9.17, 15) is 0 Å². The predicted octanol–water partition coefficient (Wildman–Crippen LogP) is 2.47. The zero-order valence-corrected chi connectivity index (χ0v) is 14.1. The van der Waals surface area contributed by atoms with Gasteiger partial charge in [-0.2, -0.15) is 0 Å². The van der Waals surface area contributed by atoms with Crippen LogP contribution in [0.15, 0.2) is 23.3 Å². The van der Waals surface area contributed by atoms with Crippen LogP contribution in [0.5, 0.6) is 0 Å². The highest BCUT2D eigenvalue weighted by Gasteiger charge is 2.11. The van der Waals surface area contributed by atoms with Crippen LogP contribution in [0.1, 0.15) is 32.0 Å². The molecule has 5 heteroatoms. The van der Waals surface area contributed by atoms with Crippen LogP contribution in [-0.2, 0) is 6.54 Å². The van der Waals surface area contributed by atoms with E-state index in [1.165, 1.54) is 5.56 Å². The normalized spacial score (nSPS) is 11.7. The van der Waals surface area contributed by atoms with Crippen molar-refractivity contribution in [2.45, 2.75) is 39.8 Å². The minimum atomic E-state index is 0. The number of nitrogens with zero attached hydrogens (tertiary/aromatic N) is 2. The number of aliphatic imine (C=N–C) groups is 1. The molecule has 2 N–H and O–H groups in total. The Morgan fingerprint density at radius 1 is 1.39 bits per heavy atom. The minimum Gasteiger partial charge on any atom is -0.352 e. The van der Waals surface area contributed by atoms with Crippen LogP contribution < -0.4 is 10.6 Å². The largest absolute Gasteiger partial charge is 0.352 e. The van der Waals surface area contributed by atoms with Gasteiger partial charge in [-0.25, -0.2) is 0 Å². The molecule has 0 spiro atoms. The van der Waals surface area contributed by atoms with E-state index in [1.807, 2.05) is 12.3 Å². The number of hydrogen-bond acceptors (Lipinski definition) is 2. The fraction of sp³-hybridized carbons (Fsp3) is 0.538. The van der Waals surface area contributed by atoms with Crippen LogP contribution >= 0.6 is 24.0 Å². The molecule has 0 fully saturated rings. The SMILES string of the molecule is CN=C(NCc1ncccc1C)NC(C)(C)C.I. The van der Waals surface area contributed by atoms with E-state index >= 15 is 0 Å². The summed E-state index contributed by atoms with van der Waals surface area (Å²) < 4.78 is 0. The van der Waals surface area contributed by atoms with Crippen LogP contribution in [0.4, 0.5) is 0 Å². The van der Waals surface area contributed by atoms with Crippen molar-refractivity contribution in [1.82, 2.24) is 15.6 Å². The second-order valence-electron chi connectivity index (χ2n) is 5.07. The number of aromatic nitrogens is 1. The second kappa shape index (κ2) is 7.56. The highest BCUT2D eigenvalue weighted by Crippen LogP contribution is 2.03. The van der Waals surface area contributed by atoms with Crippen LogP contribution in [0.3, 0.4) is 0 Å². The number of halogens is 1. The molecular formula is C13H23IN4. The number of nitrogens with one attached hydrogen (secondary N) is 2. The van der Waals surface area contributed by atoms with Gasteiger partial charge >= 0.3 is 0 Å². The van der Waals surface area contributed by atoms with Crippen LogP contribution in [0.2, 0.25) is 0 Å². The Morgan fingerprint density at radius 3 is 2.56 bits per heavy atom. The van der Waals surface area contributed by atoms with E-state index in [1.54, 1.807) is 7.05 Å². The highest BCUT2D eigenvalue weighted by molar-refractivity contribution is 14.0. The zero-order chi connectivity index (χ0) is 12.9. The van der Waals surface area contributed by atoms with Crippen molar-refractivity contribution >= 4 is 29.9 Å². The highest BCUT2D eigenvalue weighted by atomic mass is 127. The van der Waals surface area contributed by atoms with Gasteiger partial charge in [0.15, 0.2) is 5.96 Å². The monoisotopic (exact) mass is 362 g/mol. The first kappa shape index (κ1) is 17.2. The fourth-order valence-corrected chi connectivity index (χ4v) is 1.41. The number of pyridine rings is 1. The van der Waals surface area contributed by atoms with Crippen molar-refractivity contribution in [2.75, 3.05) is 7.05 Å². The molecule has 0 aromatic carbocycles. The molecule has 1 heterocycles. The third kappa shape index (κ3) is 6.18. The first-order chi connectivity index (χ1) is 7.92. The summed E-state index contributed by atoms with van der Waals surface area (Å²) in [6, 6.07) is 4.00. The van der Waals surface area contributed by atoms with Gasteiger partial charge in [0.05, 0.1) is 12.2 Å². The molecule has 4 nitrogen and oxygen atoms in total. The van der Waals surface area contributed by atoms with Crippen LogP contribution in [0, 0.1) is 6.92 Å². The predicted molar refractivity (Wildman–Crippen MR) is 87.5 cm³/mol. The first-order valence-corrected chi connectivity index (χ1v) is 5.82. The van der Waals surface area contributed by atoms with E-state index in [0.29, 0.717) is 6.54 Å². The molecule has 0 unspecified atom stereocenters. The molecule has 0 aliphatic heterocycles. The minimum absolute atomic E-state index is 0. The molecule has 102 valence electrons. The zero-order valence-electron chi connectivity index (χ0n) is 11.7. The van der Waals surface area contributed by atoms with Crippen molar-refractivity contribution in [3.8, 4) is 0 Å². The van der Waals surface area contributed by atoms with Gasteiger partial charge in [0.2, 0.25) is 0 Å². The molecule has 0 radical (unpaired) electrons. The Labute approximate surface area is 127 Å². The number of hydrogen-bond donors (Lipinski definition) is 2. The third-order valence-electron chi connectivity index (χ3n) is 2.26. The smallest absolute Gasteiger partial charge is 0.191 e. The average molecular weight is 362 g/mol. The van der Waals surface area contributed by atoms with E-state index < -0.39 is 0 Å². The van der Waals surface area contributed by atoms with Crippen LogP contribution in [-0.4, -0.2) is 23.5 Å². The lowest BCUT2D eigenvalue weighted by Crippen LogP contribution is -2.47. The maximum atomic E-state index is 4.34. The number of rotatable bonds is 2. The number of guanidine groups is 1. The molecular weight excluding hydrogens is 339 g/mol. The molecule has 1 aromatic rings. The van der Waals surface area contributed by atoms with E-state index in [0.717, 1.165) is 11.7 Å². The quantitative estimate of drug-likeness (QED) is 0.483. The lowest BCUT2D eigenvalue weighted by atomic mass is 10.1. The summed E-state index contributed by atoms with van der Waals surface area (Å²) in [5.41, 5.74) is 2.23. The molecule has 0 saturated carbocycles. The summed E-state index contributed by atoms with van der Waals surface area (Å²) in [6.45, 7) is 9.05. The van der Waals surface area contributed by atoms with Gasteiger partial charge in [-0.15, -0.1) is 24.0 Å². The van der Waals surface area contributed by atoms with Gasteiger partial charge in [-0.3, -0.25) is 9.98 Å². The summed E-state index contributed by atoms with van der Waals surface area (Å²) in [6.07, 6.45) is 1.81. The van der Waals surface area contributed by atoms with Crippen molar-refractivity contribution in [3.63, 3.8) is 0 Å². The molecule has 0 aliphatic rings. The van der Waals surface area contributed by atoms with Crippen molar-refractivity contribution < 1.29 is 0 Å². The Bertz CT molecular complexity index is 396. The van der Waals surface area contributed by atoms with E-state index in [2.05, 4.69) is 54.4 Å². The Kier molecular flexibility index (Phi) is 7.20. The van der Waals surface area contributed by atoms with Gasteiger partial charge in [0.1, 0.15) is 0 Å². The lowest BCUT2D eigenvalue weighted by Gasteiger charge is -2.23. The van der Waals surface area contributed by atoms with Crippen molar-refractivity contribution in [2.24, 2.45) is 4.99 Å². The summed E-state index contributed by atoms with van der Waals surface area (Å²) >= 11 is 0. The Morgan fingerprint density at radius 2 is 2.06 bits per heavy atom. The summed E-state index contributed by atoms with van der Waals surface area (Å²) in [5.74, 6) is 0.794. The summed E-state index contributed by atoms with van der Waals surface area (Å²) in [5, 5.41) is 6.57. The number of aryl methyl sites for hydroxylation is 1. The van der Waals surface area contributed by atoms with Gasteiger partial charge in [-0.05, 0) is 39.3 Å². The Hall–Kier alpha value is -0.850. The molecule has 0 aliphatic carbocycles. The molecule has 0 atom stereocenters. The Balaban J connectivity index is 0.00000289.